The Kier molecular flexibility index (Phi) is 5.08. The number of benzene rings is 1. The number of anilines is 1. The predicted octanol–water partition coefficient (Wildman–Crippen LogP) is 1.71. The van der Waals surface area contributed by atoms with Crippen LogP contribution in [0.15, 0.2) is 45.9 Å². The molecule has 3 rings (SSSR count). The van der Waals surface area contributed by atoms with Crippen molar-refractivity contribution in [3.63, 3.8) is 0 Å². The van der Waals surface area contributed by atoms with Crippen LogP contribution < -0.4 is 10.6 Å². The molecule has 25 heavy (non-hydrogen) atoms. The van der Waals surface area contributed by atoms with Gasteiger partial charge in [-0.05, 0) is 30.3 Å². The van der Waals surface area contributed by atoms with E-state index in [1.807, 2.05) is 0 Å². The molecule has 1 aliphatic rings. The predicted molar refractivity (Wildman–Crippen MR) is 93.3 cm³/mol. The zero-order chi connectivity index (χ0) is 17.8. The van der Waals surface area contributed by atoms with Crippen molar-refractivity contribution in [1.82, 2.24) is 10.2 Å². The van der Waals surface area contributed by atoms with Crippen LogP contribution in [0.25, 0.3) is 0 Å². The number of furan rings is 1. The number of thioether (sulfide) groups is 1. The van der Waals surface area contributed by atoms with Crippen molar-refractivity contribution in [2.75, 3.05) is 24.7 Å². The van der Waals surface area contributed by atoms with Gasteiger partial charge in [0.15, 0.2) is 0 Å². The van der Waals surface area contributed by atoms with Gasteiger partial charge in [-0.1, -0.05) is 0 Å². The van der Waals surface area contributed by atoms with Crippen molar-refractivity contribution in [2.45, 2.75) is 11.4 Å². The molecule has 8 heteroatoms. The van der Waals surface area contributed by atoms with E-state index >= 15 is 0 Å². The third-order valence-corrected chi connectivity index (χ3v) is 4.70. The summed E-state index contributed by atoms with van der Waals surface area (Å²) in [6.07, 6.45) is 1.53. The van der Waals surface area contributed by atoms with E-state index in [0.717, 1.165) is 4.90 Å². The van der Waals surface area contributed by atoms with Gasteiger partial charge in [-0.15, -0.1) is 11.8 Å². The molecule has 130 valence electrons. The number of rotatable bonds is 5. The van der Waals surface area contributed by atoms with Crippen LogP contribution in [-0.4, -0.2) is 42.0 Å². The molecule has 1 aliphatic heterocycles. The van der Waals surface area contributed by atoms with Gasteiger partial charge >= 0.3 is 0 Å². The number of carbonyl (C=O) groups is 3. The lowest BCUT2D eigenvalue weighted by Crippen LogP contribution is -2.38. The minimum atomic E-state index is -0.291. The van der Waals surface area contributed by atoms with Gasteiger partial charge in [-0.3, -0.25) is 14.4 Å². The fraction of sp³-hybridized carbons (Fsp3) is 0.235. The van der Waals surface area contributed by atoms with Crippen LogP contribution >= 0.6 is 11.8 Å². The summed E-state index contributed by atoms with van der Waals surface area (Å²) in [6.45, 7) is 0.202. The zero-order valence-electron chi connectivity index (χ0n) is 13.6. The Morgan fingerprint density at radius 2 is 2.20 bits per heavy atom. The highest BCUT2D eigenvalue weighted by Crippen LogP contribution is 2.32. The molecule has 1 aromatic carbocycles. The summed E-state index contributed by atoms with van der Waals surface area (Å²) in [7, 11) is 1.56. The molecule has 0 bridgehead atoms. The van der Waals surface area contributed by atoms with E-state index in [1.54, 1.807) is 37.4 Å². The minimum absolute atomic E-state index is 0.0717. The molecule has 0 saturated carbocycles. The molecule has 1 aromatic heterocycles. The Bertz CT molecular complexity index is 804. The molecule has 3 amide bonds. The molecule has 0 radical (unpaired) electrons. The molecule has 0 fully saturated rings. The van der Waals surface area contributed by atoms with Gasteiger partial charge in [0.2, 0.25) is 11.8 Å². The molecule has 0 atom stereocenters. The van der Waals surface area contributed by atoms with Crippen LogP contribution in [0.5, 0.6) is 0 Å². The lowest BCUT2D eigenvalue weighted by atomic mass is 10.1. The highest BCUT2D eigenvalue weighted by Gasteiger charge is 2.20. The smallest absolute Gasteiger partial charge is 0.254 e. The van der Waals surface area contributed by atoms with Gasteiger partial charge in [-0.2, -0.15) is 0 Å². The van der Waals surface area contributed by atoms with Crippen molar-refractivity contribution in [3.05, 3.63) is 47.9 Å². The summed E-state index contributed by atoms with van der Waals surface area (Å²) in [6, 6.07) is 8.64. The number of nitrogens with zero attached hydrogens (tertiary/aromatic N) is 1. The van der Waals surface area contributed by atoms with Gasteiger partial charge in [-0.25, -0.2) is 0 Å². The van der Waals surface area contributed by atoms with E-state index in [1.165, 1.54) is 22.9 Å². The normalized spacial score (nSPS) is 12.9. The Labute approximate surface area is 148 Å². The fourth-order valence-corrected chi connectivity index (χ4v) is 3.17. The van der Waals surface area contributed by atoms with Gasteiger partial charge in [0.25, 0.3) is 5.91 Å². The van der Waals surface area contributed by atoms with Gasteiger partial charge in [0.05, 0.1) is 30.8 Å². The molecule has 0 unspecified atom stereocenters. The quantitative estimate of drug-likeness (QED) is 0.848. The third kappa shape index (κ3) is 4.21. The molecule has 2 N–H and O–H groups in total. The van der Waals surface area contributed by atoms with E-state index in [2.05, 4.69) is 10.6 Å². The van der Waals surface area contributed by atoms with Crippen LogP contribution in [0.2, 0.25) is 0 Å². The van der Waals surface area contributed by atoms with Crippen molar-refractivity contribution in [3.8, 4) is 0 Å². The monoisotopic (exact) mass is 359 g/mol. The summed E-state index contributed by atoms with van der Waals surface area (Å²) in [4.78, 5) is 38.2. The lowest BCUT2D eigenvalue weighted by molar-refractivity contribution is -0.121. The van der Waals surface area contributed by atoms with Crippen molar-refractivity contribution >= 4 is 35.2 Å². The summed E-state index contributed by atoms with van der Waals surface area (Å²) < 4.78 is 5.14. The second kappa shape index (κ2) is 7.43. The maximum Gasteiger partial charge on any atom is 0.254 e. The Morgan fingerprint density at radius 1 is 1.36 bits per heavy atom. The molecule has 0 spiro atoms. The second-order valence-corrected chi connectivity index (χ2v) is 6.58. The van der Waals surface area contributed by atoms with Gasteiger partial charge in [0.1, 0.15) is 5.76 Å². The highest BCUT2D eigenvalue weighted by molar-refractivity contribution is 8.00. The van der Waals surface area contributed by atoms with Crippen LogP contribution in [0, 0.1) is 0 Å². The number of carbonyl (C=O) groups excluding carboxylic acids is 3. The number of likely N-dealkylation sites (N-methyl/N-ethyl adjacent to an activating group) is 1. The number of amides is 3. The third-order valence-electron chi connectivity index (χ3n) is 3.63. The van der Waals surface area contributed by atoms with E-state index in [-0.39, 0.29) is 30.8 Å². The van der Waals surface area contributed by atoms with E-state index in [4.69, 9.17) is 4.42 Å². The number of fused-ring (bicyclic) bond motifs is 1. The van der Waals surface area contributed by atoms with Crippen molar-refractivity contribution < 1.29 is 18.8 Å². The molecule has 7 nitrogen and oxygen atoms in total. The Hall–Kier alpha value is -2.74. The van der Waals surface area contributed by atoms with Crippen LogP contribution in [0.1, 0.15) is 16.1 Å². The molecule has 2 heterocycles. The number of hydrogen-bond donors (Lipinski definition) is 2. The summed E-state index contributed by atoms with van der Waals surface area (Å²) in [5, 5.41) is 5.44. The summed E-state index contributed by atoms with van der Waals surface area (Å²) in [5.41, 5.74) is 1.05. The average molecular weight is 359 g/mol. The van der Waals surface area contributed by atoms with E-state index in [9.17, 15) is 14.4 Å². The molecule has 0 aliphatic carbocycles. The van der Waals surface area contributed by atoms with E-state index in [0.29, 0.717) is 22.8 Å². The summed E-state index contributed by atoms with van der Waals surface area (Å²) in [5.74, 6) is 0.351. The fourth-order valence-electron chi connectivity index (χ4n) is 2.38. The second-order valence-electron chi connectivity index (χ2n) is 5.57. The maximum atomic E-state index is 12.5. The number of hydrogen-bond acceptors (Lipinski definition) is 5. The first-order valence-electron chi connectivity index (χ1n) is 7.64. The topological polar surface area (TPSA) is 91.7 Å². The Balaban J connectivity index is 1.59. The van der Waals surface area contributed by atoms with Crippen molar-refractivity contribution in [1.29, 1.82) is 0 Å². The first kappa shape index (κ1) is 17.1. The van der Waals surface area contributed by atoms with Crippen molar-refractivity contribution in [2.24, 2.45) is 0 Å². The highest BCUT2D eigenvalue weighted by atomic mass is 32.2. The maximum absolute atomic E-state index is 12.5. The van der Waals surface area contributed by atoms with Crippen LogP contribution in [-0.2, 0) is 16.1 Å². The SMILES string of the molecule is CN(CC(=O)NCc1ccco1)C(=O)c1ccc2c(c1)NC(=O)CS2. The number of nitrogens with one attached hydrogen (secondary N) is 2. The van der Waals surface area contributed by atoms with E-state index < -0.39 is 0 Å². The molecule has 2 aromatic rings. The summed E-state index contributed by atoms with van der Waals surface area (Å²) >= 11 is 1.43. The largest absolute Gasteiger partial charge is 0.467 e. The first-order chi connectivity index (χ1) is 12.0. The average Bonchev–Trinajstić information content (AvgIpc) is 3.12. The molecule has 0 saturated heterocycles. The first-order valence-corrected chi connectivity index (χ1v) is 8.63. The molecular weight excluding hydrogens is 342 g/mol. The van der Waals surface area contributed by atoms with Crippen LogP contribution in [0.3, 0.4) is 0 Å². The zero-order valence-corrected chi connectivity index (χ0v) is 14.4. The van der Waals surface area contributed by atoms with Gasteiger partial charge < -0.3 is 20.0 Å². The lowest BCUT2D eigenvalue weighted by Gasteiger charge is -2.20. The standard InChI is InChI=1S/C17H17N3O4S/c1-20(9-15(21)18-8-12-3-2-6-24-12)17(23)11-4-5-14-13(7-11)19-16(22)10-25-14/h2-7H,8-10H2,1H3,(H,18,21)(H,19,22). The molecular formula is C17H17N3O4S. The Morgan fingerprint density at radius 3 is 2.96 bits per heavy atom. The van der Waals surface area contributed by atoms with Crippen LogP contribution in [0.4, 0.5) is 5.69 Å². The minimum Gasteiger partial charge on any atom is -0.467 e. The van der Waals surface area contributed by atoms with Gasteiger partial charge in [0, 0.05) is 17.5 Å².